The summed E-state index contributed by atoms with van der Waals surface area (Å²) in [5.74, 6) is 1.44. The third-order valence-corrected chi connectivity index (χ3v) is 9.91. The van der Waals surface area contributed by atoms with Gasteiger partial charge < -0.3 is 4.90 Å². The van der Waals surface area contributed by atoms with E-state index in [0.717, 1.165) is 11.8 Å². The molecule has 5 aromatic carbocycles. The van der Waals surface area contributed by atoms with Gasteiger partial charge >= 0.3 is 0 Å². The first-order chi connectivity index (χ1) is 21.3. The van der Waals surface area contributed by atoms with Crippen molar-refractivity contribution in [1.82, 2.24) is 0 Å². The van der Waals surface area contributed by atoms with Gasteiger partial charge in [0, 0.05) is 17.1 Å². The van der Waals surface area contributed by atoms with E-state index >= 15 is 0 Å². The fraction of sp³-hybridized carbons (Fsp3) is 0.286. The van der Waals surface area contributed by atoms with Crippen molar-refractivity contribution < 1.29 is 0 Å². The van der Waals surface area contributed by atoms with Crippen LogP contribution in [0.15, 0.2) is 127 Å². The second-order valence-corrected chi connectivity index (χ2v) is 12.7. The van der Waals surface area contributed by atoms with Gasteiger partial charge in [-0.1, -0.05) is 130 Å². The molecule has 1 heteroatoms. The van der Waals surface area contributed by atoms with E-state index in [-0.39, 0.29) is 0 Å². The zero-order valence-electron chi connectivity index (χ0n) is 25.3. The summed E-state index contributed by atoms with van der Waals surface area (Å²) in [5, 5.41) is 0. The lowest BCUT2D eigenvalue weighted by Gasteiger charge is -2.28. The Bertz CT molecular complexity index is 1510. The van der Waals surface area contributed by atoms with E-state index in [1.54, 1.807) is 0 Å². The highest BCUT2D eigenvalue weighted by atomic mass is 15.1. The Labute approximate surface area is 258 Å². The highest BCUT2D eigenvalue weighted by molar-refractivity contribution is 5.79. The smallest absolute Gasteiger partial charge is 0.0462 e. The van der Waals surface area contributed by atoms with Crippen molar-refractivity contribution in [3.8, 4) is 22.3 Å². The van der Waals surface area contributed by atoms with E-state index in [0.29, 0.717) is 0 Å². The maximum absolute atomic E-state index is 2.43. The van der Waals surface area contributed by atoms with Gasteiger partial charge in [0.15, 0.2) is 0 Å². The van der Waals surface area contributed by atoms with Crippen LogP contribution in [-0.2, 0) is 0 Å². The van der Waals surface area contributed by atoms with Crippen LogP contribution in [0.2, 0.25) is 0 Å². The topological polar surface area (TPSA) is 3.24 Å². The fourth-order valence-electron chi connectivity index (χ4n) is 7.40. The quantitative estimate of drug-likeness (QED) is 0.191. The average Bonchev–Trinajstić information content (AvgIpc) is 3.11. The SMILES string of the molecule is c1ccc(-c2ccc(-c3ccc(N(c4ccc(C5CCCCC5)cc4)c4ccc(C5CCCCC5)cc4)cc3)cc2)cc1. The van der Waals surface area contributed by atoms with Crippen molar-refractivity contribution >= 4 is 17.1 Å². The van der Waals surface area contributed by atoms with E-state index in [1.165, 1.54) is 115 Å². The molecule has 0 aliphatic heterocycles. The molecule has 0 bridgehead atoms. The third kappa shape index (κ3) is 6.32. The monoisotopic (exact) mass is 561 g/mol. The number of nitrogens with zero attached hydrogens (tertiary/aromatic N) is 1. The highest BCUT2D eigenvalue weighted by Gasteiger charge is 2.19. The molecule has 0 N–H and O–H groups in total. The summed E-state index contributed by atoms with van der Waals surface area (Å²) < 4.78 is 0. The molecule has 0 radical (unpaired) electrons. The first kappa shape index (κ1) is 27.7. The zero-order chi connectivity index (χ0) is 28.8. The van der Waals surface area contributed by atoms with Crippen LogP contribution in [-0.4, -0.2) is 0 Å². The van der Waals surface area contributed by atoms with Crippen LogP contribution in [0.5, 0.6) is 0 Å². The molecule has 0 heterocycles. The lowest BCUT2D eigenvalue weighted by molar-refractivity contribution is 0.443. The van der Waals surface area contributed by atoms with Crippen molar-refractivity contribution in [2.45, 2.75) is 76.0 Å². The molecule has 7 rings (SSSR count). The molecule has 0 spiro atoms. The van der Waals surface area contributed by atoms with Crippen LogP contribution < -0.4 is 4.90 Å². The minimum absolute atomic E-state index is 0.721. The molecule has 2 saturated carbocycles. The fourth-order valence-corrected chi connectivity index (χ4v) is 7.40. The Morgan fingerprint density at radius 3 is 1.05 bits per heavy atom. The van der Waals surface area contributed by atoms with E-state index in [1.807, 2.05) is 0 Å². The molecule has 43 heavy (non-hydrogen) atoms. The van der Waals surface area contributed by atoms with Gasteiger partial charge in [-0.3, -0.25) is 0 Å². The predicted octanol–water partition coefficient (Wildman–Crippen LogP) is 12.6. The van der Waals surface area contributed by atoms with Gasteiger partial charge in [0.25, 0.3) is 0 Å². The highest BCUT2D eigenvalue weighted by Crippen LogP contribution is 2.40. The molecular formula is C42H43N. The van der Waals surface area contributed by atoms with E-state index < -0.39 is 0 Å². The van der Waals surface area contributed by atoms with Crippen LogP contribution in [0.3, 0.4) is 0 Å². The Balaban J connectivity index is 1.18. The summed E-state index contributed by atoms with van der Waals surface area (Å²) in [7, 11) is 0. The lowest BCUT2D eigenvalue weighted by Crippen LogP contribution is -2.11. The normalized spacial score (nSPS) is 16.2. The molecule has 2 fully saturated rings. The van der Waals surface area contributed by atoms with Crippen molar-refractivity contribution in [1.29, 1.82) is 0 Å². The summed E-state index contributed by atoms with van der Waals surface area (Å²) in [5.41, 5.74) is 11.6. The van der Waals surface area contributed by atoms with Crippen molar-refractivity contribution in [3.63, 3.8) is 0 Å². The van der Waals surface area contributed by atoms with Gasteiger partial charge in [0.05, 0.1) is 0 Å². The van der Waals surface area contributed by atoms with Gasteiger partial charge in [-0.15, -0.1) is 0 Å². The molecule has 5 aromatic rings. The summed E-state index contributed by atoms with van der Waals surface area (Å²) in [6.07, 6.45) is 13.6. The van der Waals surface area contributed by atoms with Crippen LogP contribution in [0.1, 0.15) is 87.2 Å². The average molecular weight is 562 g/mol. The molecule has 0 amide bonds. The minimum Gasteiger partial charge on any atom is -0.311 e. The molecule has 0 atom stereocenters. The van der Waals surface area contributed by atoms with Gasteiger partial charge in [0.2, 0.25) is 0 Å². The largest absolute Gasteiger partial charge is 0.311 e. The summed E-state index contributed by atoms with van der Waals surface area (Å²) in [4.78, 5) is 2.43. The van der Waals surface area contributed by atoms with Crippen molar-refractivity contribution in [2.75, 3.05) is 4.90 Å². The zero-order valence-corrected chi connectivity index (χ0v) is 25.3. The van der Waals surface area contributed by atoms with Crippen LogP contribution in [0.4, 0.5) is 17.1 Å². The molecule has 2 aliphatic carbocycles. The Kier molecular flexibility index (Phi) is 8.41. The maximum Gasteiger partial charge on any atom is 0.0462 e. The molecule has 0 saturated heterocycles. The van der Waals surface area contributed by atoms with Gasteiger partial charge in [-0.2, -0.15) is 0 Å². The first-order valence-electron chi connectivity index (χ1n) is 16.6. The number of hydrogen-bond acceptors (Lipinski definition) is 1. The van der Waals surface area contributed by atoms with Gasteiger partial charge in [0.1, 0.15) is 0 Å². The van der Waals surface area contributed by atoms with E-state index in [4.69, 9.17) is 0 Å². The number of rotatable bonds is 7. The third-order valence-electron chi connectivity index (χ3n) is 9.91. The van der Waals surface area contributed by atoms with Crippen molar-refractivity contribution in [2.24, 2.45) is 0 Å². The maximum atomic E-state index is 2.43. The Morgan fingerprint density at radius 1 is 0.326 bits per heavy atom. The number of anilines is 3. The Hall–Kier alpha value is -4.10. The summed E-state index contributed by atoms with van der Waals surface area (Å²) in [6, 6.07) is 47.6. The predicted molar refractivity (Wildman–Crippen MR) is 184 cm³/mol. The standard InChI is InChI=1S/C42H43N/c1-4-10-32(11-5-1)35-16-18-36(19-17-35)39-24-30-42(31-25-39)43(40-26-20-37(21-27-40)33-12-6-2-7-13-33)41-28-22-38(23-29-41)34-14-8-3-9-15-34/h1,4-5,10-11,16-31,33-34H,2-3,6-9,12-15H2. The van der Waals surface area contributed by atoms with Crippen LogP contribution >= 0.6 is 0 Å². The molecule has 2 aliphatic rings. The van der Waals surface area contributed by atoms with Gasteiger partial charge in [-0.25, -0.2) is 0 Å². The lowest BCUT2D eigenvalue weighted by atomic mass is 9.84. The van der Waals surface area contributed by atoms with Crippen molar-refractivity contribution in [3.05, 3.63) is 139 Å². The molecular weight excluding hydrogens is 518 g/mol. The number of benzene rings is 5. The van der Waals surface area contributed by atoms with Crippen LogP contribution in [0, 0.1) is 0 Å². The second kappa shape index (κ2) is 13.0. The van der Waals surface area contributed by atoms with E-state index in [9.17, 15) is 0 Å². The molecule has 0 unspecified atom stereocenters. The summed E-state index contributed by atoms with van der Waals surface area (Å²) in [6.45, 7) is 0. The molecule has 0 aromatic heterocycles. The second-order valence-electron chi connectivity index (χ2n) is 12.7. The van der Waals surface area contributed by atoms with E-state index in [2.05, 4.69) is 132 Å². The van der Waals surface area contributed by atoms with Crippen LogP contribution in [0.25, 0.3) is 22.3 Å². The molecule has 216 valence electrons. The first-order valence-corrected chi connectivity index (χ1v) is 16.6. The Morgan fingerprint density at radius 2 is 0.651 bits per heavy atom. The molecule has 1 nitrogen and oxygen atoms in total. The minimum atomic E-state index is 0.721. The summed E-state index contributed by atoms with van der Waals surface area (Å²) >= 11 is 0. The number of hydrogen-bond donors (Lipinski definition) is 0. The van der Waals surface area contributed by atoms with Gasteiger partial charge in [-0.05, 0) is 107 Å².